The third-order valence-electron chi connectivity index (χ3n) is 5.02. The lowest BCUT2D eigenvalue weighted by Crippen LogP contribution is -2.20. The van der Waals surface area contributed by atoms with Gasteiger partial charge in [-0.2, -0.15) is 0 Å². The van der Waals surface area contributed by atoms with Crippen LogP contribution in [0.4, 0.5) is 15.8 Å². The van der Waals surface area contributed by atoms with Crippen molar-refractivity contribution in [2.45, 2.75) is 31.8 Å². The highest BCUT2D eigenvalue weighted by atomic mass is 19.1. The van der Waals surface area contributed by atoms with E-state index in [0.717, 1.165) is 34.7 Å². The summed E-state index contributed by atoms with van der Waals surface area (Å²) in [6.07, 6.45) is 0.948. The lowest BCUT2D eigenvalue weighted by molar-refractivity contribution is 0.179. The van der Waals surface area contributed by atoms with Crippen molar-refractivity contribution in [3.8, 4) is 0 Å². The summed E-state index contributed by atoms with van der Waals surface area (Å²) in [4.78, 5) is 2.15. The van der Waals surface area contributed by atoms with E-state index in [1.807, 2.05) is 25.2 Å². The predicted octanol–water partition coefficient (Wildman–Crippen LogP) is 4.01. The van der Waals surface area contributed by atoms with Gasteiger partial charge in [-0.15, -0.1) is 0 Å². The van der Waals surface area contributed by atoms with E-state index in [1.54, 1.807) is 13.0 Å². The minimum Gasteiger partial charge on any atom is -0.393 e. The Labute approximate surface area is 141 Å². The van der Waals surface area contributed by atoms with Gasteiger partial charge in [0, 0.05) is 13.0 Å². The molecule has 2 atom stereocenters. The maximum Gasteiger partial charge on any atom is 0.123 e. The number of allylic oxidation sites excluding steroid dienone is 1. The largest absolute Gasteiger partial charge is 0.393 e. The van der Waals surface area contributed by atoms with Gasteiger partial charge in [0.2, 0.25) is 0 Å². The Balaban J connectivity index is 1.81. The van der Waals surface area contributed by atoms with Crippen LogP contribution in [0.25, 0.3) is 0 Å². The number of hydrogen-bond donors (Lipinski definition) is 2. The van der Waals surface area contributed by atoms with Gasteiger partial charge in [-0.1, -0.05) is 18.2 Å². The molecule has 1 aliphatic carbocycles. The molecule has 1 aliphatic heterocycles. The fraction of sp³-hybridized carbons (Fsp3) is 0.300. The zero-order valence-electron chi connectivity index (χ0n) is 13.9. The summed E-state index contributed by atoms with van der Waals surface area (Å²) in [6, 6.07) is 13.2. The number of nitrogens with one attached hydrogen (secondary N) is 1. The molecule has 0 saturated heterocycles. The molecule has 0 fully saturated rings. The molecule has 0 amide bonds. The van der Waals surface area contributed by atoms with Gasteiger partial charge in [-0.25, -0.2) is 4.39 Å². The first-order chi connectivity index (χ1) is 11.5. The summed E-state index contributed by atoms with van der Waals surface area (Å²) in [6.45, 7) is 1.79. The highest BCUT2D eigenvalue weighted by molar-refractivity contribution is 5.81. The standard InChI is InChI=1S/C20H21FN2O/c1-12(24)9-16-15-11-14(21)8-7-13(15)10-17(16)20-22-18-5-3-4-6-19(18)23(20)2/h3-8,11-12,16,22,24H,9-10H2,1-2H3/b20-17-. The molecule has 2 N–H and O–H groups in total. The van der Waals surface area contributed by atoms with Crippen molar-refractivity contribution in [3.05, 3.63) is 70.8 Å². The predicted molar refractivity (Wildman–Crippen MR) is 94.6 cm³/mol. The van der Waals surface area contributed by atoms with Gasteiger partial charge < -0.3 is 15.3 Å². The topological polar surface area (TPSA) is 35.5 Å². The van der Waals surface area contributed by atoms with E-state index in [-0.39, 0.29) is 11.7 Å². The van der Waals surface area contributed by atoms with Gasteiger partial charge in [-0.05, 0) is 60.7 Å². The summed E-state index contributed by atoms with van der Waals surface area (Å²) in [5.41, 5.74) is 5.59. The van der Waals surface area contributed by atoms with E-state index in [2.05, 4.69) is 22.3 Å². The van der Waals surface area contributed by atoms with Crippen LogP contribution in [-0.2, 0) is 6.42 Å². The van der Waals surface area contributed by atoms with Crippen molar-refractivity contribution < 1.29 is 9.50 Å². The number of rotatable bonds is 2. The minimum absolute atomic E-state index is 0.0370. The van der Waals surface area contributed by atoms with E-state index < -0.39 is 6.10 Å². The molecule has 4 rings (SSSR count). The molecule has 0 saturated carbocycles. The third kappa shape index (κ3) is 2.38. The first-order valence-corrected chi connectivity index (χ1v) is 8.34. The summed E-state index contributed by atoms with van der Waals surface area (Å²) < 4.78 is 13.8. The van der Waals surface area contributed by atoms with Crippen LogP contribution < -0.4 is 10.2 Å². The quantitative estimate of drug-likeness (QED) is 0.876. The van der Waals surface area contributed by atoms with Crippen LogP contribution in [0.2, 0.25) is 0 Å². The second-order valence-electron chi connectivity index (χ2n) is 6.73. The van der Waals surface area contributed by atoms with Crippen LogP contribution in [0.5, 0.6) is 0 Å². The number of aliphatic hydroxyl groups is 1. The number of para-hydroxylation sites is 2. The molecule has 124 valence electrons. The summed E-state index contributed by atoms with van der Waals surface area (Å²) in [7, 11) is 2.05. The van der Waals surface area contributed by atoms with Crippen LogP contribution in [-0.4, -0.2) is 18.3 Å². The number of aliphatic hydroxyl groups excluding tert-OH is 1. The molecule has 0 radical (unpaired) electrons. The molecular formula is C20H21FN2O. The van der Waals surface area contributed by atoms with Crippen LogP contribution in [0.3, 0.4) is 0 Å². The molecule has 0 spiro atoms. The first-order valence-electron chi connectivity index (χ1n) is 8.34. The lowest BCUT2D eigenvalue weighted by Gasteiger charge is -2.22. The van der Waals surface area contributed by atoms with E-state index in [4.69, 9.17) is 0 Å². The van der Waals surface area contributed by atoms with Gasteiger partial charge >= 0.3 is 0 Å². The summed E-state index contributed by atoms with van der Waals surface area (Å²) >= 11 is 0. The SMILES string of the molecule is CC(O)CC1/C(=C2/Nc3ccccc3N2C)Cc2ccc(F)cc21. The molecule has 0 bridgehead atoms. The van der Waals surface area contributed by atoms with Crippen molar-refractivity contribution in [1.82, 2.24) is 0 Å². The second-order valence-corrected chi connectivity index (χ2v) is 6.73. The normalized spacial score (nSPS) is 23.0. The number of nitrogens with zero attached hydrogens (tertiary/aromatic N) is 1. The molecule has 24 heavy (non-hydrogen) atoms. The highest BCUT2D eigenvalue weighted by Crippen LogP contribution is 2.46. The van der Waals surface area contributed by atoms with Crippen LogP contribution >= 0.6 is 0 Å². The van der Waals surface area contributed by atoms with Crippen molar-refractivity contribution in [2.75, 3.05) is 17.3 Å². The van der Waals surface area contributed by atoms with Crippen LogP contribution in [0, 0.1) is 5.82 Å². The molecule has 4 heteroatoms. The number of fused-ring (bicyclic) bond motifs is 2. The molecule has 2 aliphatic rings. The number of hydrogen-bond acceptors (Lipinski definition) is 3. The number of anilines is 2. The van der Waals surface area contributed by atoms with E-state index in [1.165, 1.54) is 11.6 Å². The smallest absolute Gasteiger partial charge is 0.123 e. The van der Waals surface area contributed by atoms with Crippen LogP contribution in [0.1, 0.15) is 30.4 Å². The highest BCUT2D eigenvalue weighted by Gasteiger charge is 2.34. The van der Waals surface area contributed by atoms with Crippen molar-refractivity contribution in [3.63, 3.8) is 0 Å². The van der Waals surface area contributed by atoms with Crippen molar-refractivity contribution >= 4 is 11.4 Å². The van der Waals surface area contributed by atoms with E-state index >= 15 is 0 Å². The molecule has 2 aromatic rings. The van der Waals surface area contributed by atoms with E-state index in [9.17, 15) is 9.50 Å². The summed E-state index contributed by atoms with van der Waals surface area (Å²) in [5, 5.41) is 13.5. The molecular weight excluding hydrogens is 303 g/mol. The molecule has 2 unspecified atom stereocenters. The zero-order chi connectivity index (χ0) is 16.8. The molecule has 0 aromatic heterocycles. The van der Waals surface area contributed by atoms with Crippen LogP contribution in [0.15, 0.2) is 53.9 Å². The first kappa shape index (κ1) is 15.2. The zero-order valence-corrected chi connectivity index (χ0v) is 13.9. The third-order valence-corrected chi connectivity index (χ3v) is 5.02. The fourth-order valence-electron chi connectivity index (χ4n) is 3.93. The van der Waals surface area contributed by atoms with Gasteiger partial charge in [0.15, 0.2) is 0 Å². The lowest BCUT2D eigenvalue weighted by atomic mass is 9.91. The minimum atomic E-state index is -0.436. The average molecular weight is 324 g/mol. The Morgan fingerprint density at radius 2 is 2.08 bits per heavy atom. The number of benzene rings is 2. The average Bonchev–Trinajstić information content (AvgIpc) is 3.06. The van der Waals surface area contributed by atoms with E-state index in [0.29, 0.717) is 6.42 Å². The van der Waals surface area contributed by atoms with Crippen molar-refractivity contribution in [1.29, 1.82) is 0 Å². The molecule has 2 aromatic carbocycles. The fourth-order valence-corrected chi connectivity index (χ4v) is 3.93. The molecule has 1 heterocycles. The van der Waals surface area contributed by atoms with Gasteiger partial charge in [0.1, 0.15) is 11.6 Å². The van der Waals surface area contributed by atoms with Crippen molar-refractivity contribution in [2.24, 2.45) is 0 Å². The maximum absolute atomic E-state index is 13.8. The van der Waals surface area contributed by atoms with Gasteiger partial charge in [0.05, 0.1) is 17.5 Å². The Morgan fingerprint density at radius 3 is 2.83 bits per heavy atom. The number of halogens is 1. The Hall–Kier alpha value is -2.33. The monoisotopic (exact) mass is 324 g/mol. The maximum atomic E-state index is 13.8. The summed E-state index contributed by atoms with van der Waals surface area (Å²) in [5.74, 6) is 0.875. The Bertz CT molecular complexity index is 828. The Kier molecular flexibility index (Phi) is 3.57. The van der Waals surface area contributed by atoms with Gasteiger partial charge in [0.25, 0.3) is 0 Å². The second kappa shape index (κ2) is 5.64. The van der Waals surface area contributed by atoms with Gasteiger partial charge in [-0.3, -0.25) is 0 Å². The molecule has 3 nitrogen and oxygen atoms in total. The Morgan fingerprint density at radius 1 is 1.29 bits per heavy atom.